The molecule has 350 valence electrons. The number of hydrogen-bond donors (Lipinski definition) is 2. The average molecular weight is 953 g/mol. The molecule has 4 heterocycles. The molecule has 0 unspecified atom stereocenters. The summed E-state index contributed by atoms with van der Waals surface area (Å²) >= 11 is 0. The molecule has 71 heavy (non-hydrogen) atoms. The molecule has 13 nitrogen and oxygen atoms in total. The Kier molecular flexibility index (Phi) is 13.8. The van der Waals surface area contributed by atoms with E-state index in [1.54, 1.807) is 41.6 Å². The largest absolute Gasteiger partial charge is 0.348 e. The van der Waals surface area contributed by atoms with Crippen molar-refractivity contribution in [2.45, 2.75) is 37.4 Å². The smallest absolute Gasteiger partial charge is 0.252 e. The third-order valence-electron chi connectivity index (χ3n) is 12.2. The van der Waals surface area contributed by atoms with Gasteiger partial charge in [0.1, 0.15) is 11.4 Å². The van der Waals surface area contributed by atoms with Crippen LogP contribution in [0.15, 0.2) is 212 Å². The average Bonchev–Trinajstić information content (AvgIpc) is 4.11. The first-order chi connectivity index (χ1) is 34.8. The molecule has 0 spiro atoms. The Morgan fingerprint density at radius 1 is 0.507 bits per heavy atom. The molecular formula is C57H48N10O3S. The van der Waals surface area contributed by atoms with Crippen LogP contribution < -0.4 is 10.0 Å². The molecule has 0 saturated carbocycles. The molecular weight excluding hydrogens is 905 g/mol. The highest BCUT2D eigenvalue weighted by atomic mass is 32.2. The summed E-state index contributed by atoms with van der Waals surface area (Å²) in [7, 11) is -3.84. The number of nitrogens with zero attached hydrogens (tertiary/aromatic N) is 8. The Labute approximate surface area is 412 Å². The predicted molar refractivity (Wildman–Crippen MR) is 275 cm³/mol. The molecule has 10 rings (SSSR count). The Hall–Kier alpha value is -8.72. The number of carbonyl (C=O) groups excluding carboxylic acids is 1. The van der Waals surface area contributed by atoms with Crippen LogP contribution in [-0.2, 0) is 42.5 Å². The van der Waals surface area contributed by atoms with E-state index in [1.165, 1.54) is 0 Å². The SMILES string of the molecule is O=C(NCc1ccc(CCn2cc(-c3cccnc3)nn2)cc1)c1ccccc1-c1cccc(-c2ccc(-c3ccccc3S(=O)(=O)NCCc3ccc(Cn4cc(-c5cccnc5)nn4)cc3)cc2)c1. The lowest BCUT2D eigenvalue weighted by Crippen LogP contribution is -2.26. The number of aryl methyl sites for hydroxylation is 2. The van der Waals surface area contributed by atoms with Gasteiger partial charge in [-0.15, -0.1) is 10.2 Å². The van der Waals surface area contributed by atoms with Crippen LogP contribution in [0.3, 0.4) is 0 Å². The molecule has 0 radical (unpaired) electrons. The summed E-state index contributed by atoms with van der Waals surface area (Å²) in [6, 6.07) is 54.6. The van der Waals surface area contributed by atoms with E-state index in [0.717, 1.165) is 79.0 Å². The van der Waals surface area contributed by atoms with Gasteiger partial charge >= 0.3 is 0 Å². The normalized spacial score (nSPS) is 11.4. The van der Waals surface area contributed by atoms with Crippen molar-refractivity contribution in [2.75, 3.05) is 6.54 Å². The van der Waals surface area contributed by atoms with Crippen LogP contribution in [0.1, 0.15) is 32.6 Å². The maximum absolute atomic E-state index is 13.8. The van der Waals surface area contributed by atoms with Crippen molar-refractivity contribution >= 4 is 15.9 Å². The number of hydrogen-bond acceptors (Lipinski definition) is 9. The maximum atomic E-state index is 13.8. The zero-order valence-electron chi connectivity index (χ0n) is 38.6. The second-order valence-corrected chi connectivity index (χ2v) is 18.8. The molecule has 2 N–H and O–H groups in total. The monoisotopic (exact) mass is 952 g/mol. The van der Waals surface area contributed by atoms with Gasteiger partial charge in [-0.3, -0.25) is 19.4 Å². The summed E-state index contributed by atoms with van der Waals surface area (Å²) in [5.41, 5.74) is 13.2. The molecule has 0 fully saturated rings. The second-order valence-electron chi connectivity index (χ2n) is 17.1. The lowest BCUT2D eigenvalue weighted by atomic mass is 9.94. The Morgan fingerprint density at radius 2 is 1.08 bits per heavy atom. The molecule has 0 saturated heterocycles. The zero-order chi connectivity index (χ0) is 48.4. The van der Waals surface area contributed by atoms with Crippen LogP contribution in [0, 0.1) is 0 Å². The summed E-state index contributed by atoms with van der Waals surface area (Å²) in [6.45, 7) is 1.87. The molecule has 14 heteroatoms. The number of pyridine rings is 2. The van der Waals surface area contributed by atoms with Crippen LogP contribution in [0.4, 0.5) is 0 Å². The second kappa shape index (κ2) is 21.3. The van der Waals surface area contributed by atoms with E-state index in [9.17, 15) is 13.2 Å². The minimum Gasteiger partial charge on any atom is -0.348 e. The highest BCUT2D eigenvalue weighted by Gasteiger charge is 2.20. The molecule has 0 bridgehead atoms. The molecule has 0 aliphatic heterocycles. The van der Waals surface area contributed by atoms with E-state index in [1.807, 2.05) is 157 Å². The Balaban J connectivity index is 0.740. The van der Waals surface area contributed by atoms with Gasteiger partial charge < -0.3 is 5.32 Å². The number of benzene rings is 6. The van der Waals surface area contributed by atoms with E-state index in [2.05, 4.69) is 58.8 Å². The number of sulfonamides is 1. The van der Waals surface area contributed by atoms with Crippen LogP contribution >= 0.6 is 0 Å². The summed E-state index contributed by atoms with van der Waals surface area (Å²) in [5, 5.41) is 20.2. The topological polar surface area (TPSA) is 162 Å². The van der Waals surface area contributed by atoms with Gasteiger partial charge in [-0.25, -0.2) is 17.8 Å². The van der Waals surface area contributed by atoms with Crippen molar-refractivity contribution in [3.05, 3.63) is 235 Å². The van der Waals surface area contributed by atoms with Crippen LogP contribution in [0.2, 0.25) is 0 Å². The van der Waals surface area contributed by atoms with Crippen LogP contribution in [0.5, 0.6) is 0 Å². The molecule has 6 aromatic carbocycles. The molecule has 10 aromatic rings. The minimum absolute atomic E-state index is 0.163. The van der Waals surface area contributed by atoms with Crippen molar-refractivity contribution in [1.29, 1.82) is 0 Å². The van der Waals surface area contributed by atoms with Gasteiger partial charge in [0.05, 0.1) is 23.8 Å². The first kappa shape index (κ1) is 46.0. The summed E-state index contributed by atoms with van der Waals surface area (Å²) in [6.07, 6.45) is 12.1. The van der Waals surface area contributed by atoms with E-state index in [-0.39, 0.29) is 17.3 Å². The maximum Gasteiger partial charge on any atom is 0.252 e. The van der Waals surface area contributed by atoms with Gasteiger partial charge in [0.25, 0.3) is 5.91 Å². The van der Waals surface area contributed by atoms with Gasteiger partial charge in [-0.2, -0.15) is 0 Å². The predicted octanol–water partition coefficient (Wildman–Crippen LogP) is 9.74. The Morgan fingerprint density at radius 3 is 1.79 bits per heavy atom. The van der Waals surface area contributed by atoms with Crippen molar-refractivity contribution in [3.8, 4) is 55.9 Å². The van der Waals surface area contributed by atoms with E-state index < -0.39 is 10.0 Å². The number of aromatic nitrogens is 8. The quantitative estimate of drug-likeness (QED) is 0.0853. The fraction of sp³-hybridized carbons (Fsp3) is 0.105. The first-order valence-electron chi connectivity index (χ1n) is 23.3. The number of rotatable bonds is 18. The highest BCUT2D eigenvalue weighted by molar-refractivity contribution is 7.89. The van der Waals surface area contributed by atoms with E-state index in [4.69, 9.17) is 0 Å². The van der Waals surface area contributed by atoms with Crippen molar-refractivity contribution in [3.63, 3.8) is 0 Å². The number of amides is 1. The van der Waals surface area contributed by atoms with Crippen molar-refractivity contribution < 1.29 is 13.2 Å². The highest BCUT2D eigenvalue weighted by Crippen LogP contribution is 2.32. The number of nitrogens with one attached hydrogen (secondary N) is 2. The van der Waals surface area contributed by atoms with Crippen LogP contribution in [-0.4, -0.2) is 60.8 Å². The molecule has 0 aliphatic carbocycles. The number of carbonyl (C=O) groups is 1. The summed E-state index contributed by atoms with van der Waals surface area (Å²) in [5.74, 6) is -0.163. The van der Waals surface area contributed by atoms with Gasteiger partial charge in [0, 0.05) is 66.7 Å². The van der Waals surface area contributed by atoms with Gasteiger partial charge in [-0.1, -0.05) is 138 Å². The third-order valence-corrected chi connectivity index (χ3v) is 13.7. The van der Waals surface area contributed by atoms with Crippen molar-refractivity contribution in [1.82, 2.24) is 50.0 Å². The zero-order valence-corrected chi connectivity index (χ0v) is 39.4. The molecule has 0 atom stereocenters. The van der Waals surface area contributed by atoms with Gasteiger partial charge in [-0.05, 0) is 105 Å². The lowest BCUT2D eigenvalue weighted by molar-refractivity contribution is 0.0951. The summed E-state index contributed by atoms with van der Waals surface area (Å²) < 4.78 is 34.0. The molecule has 0 aliphatic rings. The lowest BCUT2D eigenvalue weighted by Gasteiger charge is -2.13. The van der Waals surface area contributed by atoms with Gasteiger partial charge in [0.2, 0.25) is 10.0 Å². The van der Waals surface area contributed by atoms with Crippen molar-refractivity contribution in [2.24, 2.45) is 0 Å². The fourth-order valence-corrected chi connectivity index (χ4v) is 9.67. The minimum atomic E-state index is -3.84. The Bertz CT molecular complexity index is 3510. The van der Waals surface area contributed by atoms with Crippen LogP contribution in [0.25, 0.3) is 55.9 Å². The standard InChI is InChI=1S/C57H48N10O3S/c68-57(60-35-43-20-16-42(17-21-43)29-33-66-39-54(62-64-66)49-10-6-30-58-36-49)53-14-2-1-12-51(53)48-9-5-8-47(34-48)45-24-26-46(27-25-45)52-13-3-4-15-56(52)71(69,70)61-32-28-41-18-22-44(23-19-41)38-67-40-55(63-65-67)50-11-7-31-59-37-50/h1-27,30-31,34,36-37,39-40,61H,28-29,32-33,35,38H2,(H,60,68). The fourth-order valence-electron chi connectivity index (χ4n) is 8.41. The molecule has 1 amide bonds. The van der Waals surface area contributed by atoms with E-state index >= 15 is 0 Å². The first-order valence-corrected chi connectivity index (χ1v) is 24.7. The third kappa shape index (κ3) is 11.3. The summed E-state index contributed by atoms with van der Waals surface area (Å²) in [4.78, 5) is 22.2. The molecule has 4 aromatic heterocycles. The van der Waals surface area contributed by atoms with E-state index in [0.29, 0.717) is 37.2 Å². The van der Waals surface area contributed by atoms with Gasteiger partial charge in [0.15, 0.2) is 0 Å².